The lowest BCUT2D eigenvalue weighted by molar-refractivity contribution is -0.124. The van der Waals surface area contributed by atoms with Crippen LogP contribution in [0.1, 0.15) is 28.9 Å². The van der Waals surface area contributed by atoms with E-state index in [2.05, 4.69) is 5.32 Å². The molecule has 0 heterocycles. The highest BCUT2D eigenvalue weighted by atomic mass is 19.1. The Hall–Kier alpha value is -2.96. The predicted molar refractivity (Wildman–Crippen MR) is 86.2 cm³/mol. The second kappa shape index (κ2) is 8.23. The molecule has 5 nitrogen and oxygen atoms in total. The summed E-state index contributed by atoms with van der Waals surface area (Å²) >= 11 is 0. The summed E-state index contributed by atoms with van der Waals surface area (Å²) in [6.45, 7) is 1.14. The van der Waals surface area contributed by atoms with Gasteiger partial charge in [-0.15, -0.1) is 0 Å². The first-order valence-electron chi connectivity index (χ1n) is 7.46. The number of hydrogen-bond donors (Lipinski definition) is 1. The van der Waals surface area contributed by atoms with Gasteiger partial charge in [0.25, 0.3) is 5.91 Å². The summed E-state index contributed by atoms with van der Waals surface area (Å²) in [5.74, 6) is -2.73. The molecule has 0 unspecified atom stereocenters. The molecule has 0 saturated carbocycles. The molecule has 0 aliphatic carbocycles. The normalized spacial score (nSPS) is 11.5. The molecule has 2 aromatic carbocycles. The molecule has 0 radical (unpaired) electrons. The van der Waals surface area contributed by atoms with Gasteiger partial charge in [-0.1, -0.05) is 12.1 Å². The molecule has 0 bridgehead atoms. The van der Waals surface area contributed by atoms with Crippen LogP contribution < -0.4 is 10.1 Å². The Kier molecular flexibility index (Phi) is 6.05. The molecule has 0 aliphatic rings. The Balaban J connectivity index is 1.91. The number of nitrogens with one attached hydrogen (secondary N) is 1. The lowest BCUT2D eigenvalue weighted by atomic mass is 10.1. The maximum absolute atomic E-state index is 13.5. The van der Waals surface area contributed by atoms with E-state index in [0.717, 1.165) is 17.7 Å². The minimum atomic E-state index is -1.11. The van der Waals surface area contributed by atoms with Crippen molar-refractivity contribution in [3.63, 3.8) is 0 Å². The third-order valence-electron chi connectivity index (χ3n) is 3.45. The fourth-order valence-corrected chi connectivity index (χ4v) is 2.14. The zero-order chi connectivity index (χ0) is 18.4. The summed E-state index contributed by atoms with van der Waals surface area (Å²) in [7, 11) is 1.54. The average molecular weight is 349 g/mol. The van der Waals surface area contributed by atoms with Crippen LogP contribution in [-0.4, -0.2) is 25.6 Å². The Morgan fingerprint density at radius 3 is 2.64 bits per heavy atom. The standard InChI is InChI=1S/C18H17F2NO4/c1-11(12-4-3-5-14(8-12)24-2)21-17(22)10-25-18(23)15-9-13(19)6-7-16(15)20/h3-9,11H,10H2,1-2H3,(H,21,22)/t11-/m1/s1. The maximum atomic E-state index is 13.5. The smallest absolute Gasteiger partial charge is 0.341 e. The van der Waals surface area contributed by atoms with E-state index in [9.17, 15) is 18.4 Å². The number of ether oxygens (including phenoxy) is 2. The molecular weight excluding hydrogens is 332 g/mol. The van der Waals surface area contributed by atoms with E-state index in [1.54, 1.807) is 25.1 Å². The summed E-state index contributed by atoms with van der Waals surface area (Å²) in [5, 5.41) is 2.64. The zero-order valence-electron chi connectivity index (χ0n) is 13.7. The second-order valence-corrected chi connectivity index (χ2v) is 5.27. The average Bonchev–Trinajstić information content (AvgIpc) is 2.61. The first-order valence-corrected chi connectivity index (χ1v) is 7.46. The van der Waals surface area contributed by atoms with Crippen LogP contribution in [0.5, 0.6) is 5.75 Å². The van der Waals surface area contributed by atoms with Crippen LogP contribution in [0.3, 0.4) is 0 Å². The number of amides is 1. The Bertz CT molecular complexity index is 779. The van der Waals surface area contributed by atoms with Crippen molar-refractivity contribution in [2.45, 2.75) is 13.0 Å². The van der Waals surface area contributed by atoms with Crippen LogP contribution in [0.25, 0.3) is 0 Å². The summed E-state index contributed by atoms with van der Waals surface area (Å²) in [4.78, 5) is 23.6. The van der Waals surface area contributed by atoms with E-state index >= 15 is 0 Å². The quantitative estimate of drug-likeness (QED) is 0.815. The lowest BCUT2D eigenvalue weighted by Gasteiger charge is -2.15. The van der Waals surface area contributed by atoms with E-state index in [-0.39, 0.29) is 6.04 Å². The van der Waals surface area contributed by atoms with Gasteiger partial charge in [-0.3, -0.25) is 4.79 Å². The van der Waals surface area contributed by atoms with Crippen LogP contribution in [-0.2, 0) is 9.53 Å². The number of carbonyl (C=O) groups is 2. The van der Waals surface area contributed by atoms with E-state index in [0.29, 0.717) is 11.8 Å². The van der Waals surface area contributed by atoms with E-state index in [1.807, 2.05) is 6.07 Å². The molecule has 1 amide bonds. The molecule has 0 saturated heterocycles. The summed E-state index contributed by atoms with van der Waals surface area (Å²) in [6.07, 6.45) is 0. The van der Waals surface area contributed by atoms with Crippen molar-refractivity contribution in [2.75, 3.05) is 13.7 Å². The highest BCUT2D eigenvalue weighted by Gasteiger charge is 2.17. The minimum Gasteiger partial charge on any atom is -0.497 e. The number of esters is 1. The highest BCUT2D eigenvalue weighted by molar-refractivity contribution is 5.91. The van der Waals surface area contributed by atoms with Crippen molar-refractivity contribution in [2.24, 2.45) is 0 Å². The Morgan fingerprint density at radius 1 is 1.16 bits per heavy atom. The van der Waals surface area contributed by atoms with E-state index in [4.69, 9.17) is 9.47 Å². The minimum absolute atomic E-state index is 0.354. The van der Waals surface area contributed by atoms with Gasteiger partial charge in [0.2, 0.25) is 0 Å². The van der Waals surface area contributed by atoms with Gasteiger partial charge in [-0.2, -0.15) is 0 Å². The van der Waals surface area contributed by atoms with Crippen LogP contribution in [0.15, 0.2) is 42.5 Å². The Morgan fingerprint density at radius 2 is 1.92 bits per heavy atom. The number of methoxy groups -OCH3 is 1. The number of hydrogen-bond acceptors (Lipinski definition) is 4. The van der Waals surface area contributed by atoms with Crippen LogP contribution in [0, 0.1) is 11.6 Å². The maximum Gasteiger partial charge on any atom is 0.341 e. The number of benzene rings is 2. The SMILES string of the molecule is COc1cccc([C@@H](C)NC(=O)COC(=O)c2cc(F)ccc2F)c1. The van der Waals surface area contributed by atoms with Gasteiger partial charge < -0.3 is 14.8 Å². The van der Waals surface area contributed by atoms with Crippen molar-refractivity contribution in [3.05, 3.63) is 65.2 Å². The molecular formula is C18H17F2NO4. The van der Waals surface area contributed by atoms with Gasteiger partial charge in [0, 0.05) is 0 Å². The molecule has 132 valence electrons. The molecule has 0 aromatic heterocycles. The van der Waals surface area contributed by atoms with Gasteiger partial charge in [0.15, 0.2) is 6.61 Å². The molecule has 2 rings (SSSR count). The third kappa shape index (κ3) is 5.00. The Labute approximate surface area is 143 Å². The van der Waals surface area contributed by atoms with Crippen LogP contribution in [0.2, 0.25) is 0 Å². The fraction of sp³-hybridized carbons (Fsp3) is 0.222. The van der Waals surface area contributed by atoms with Crippen LogP contribution in [0.4, 0.5) is 8.78 Å². The molecule has 2 aromatic rings. The monoisotopic (exact) mass is 349 g/mol. The van der Waals surface area contributed by atoms with Crippen molar-refractivity contribution in [1.29, 1.82) is 0 Å². The van der Waals surface area contributed by atoms with E-state index < -0.39 is 35.7 Å². The van der Waals surface area contributed by atoms with Crippen molar-refractivity contribution in [3.8, 4) is 5.75 Å². The molecule has 0 spiro atoms. The first kappa shape index (κ1) is 18.4. The molecule has 1 atom stereocenters. The first-order chi connectivity index (χ1) is 11.9. The van der Waals surface area contributed by atoms with Gasteiger partial charge in [-0.25, -0.2) is 13.6 Å². The molecule has 0 fully saturated rings. The van der Waals surface area contributed by atoms with Gasteiger partial charge in [0.05, 0.1) is 18.7 Å². The molecule has 1 N–H and O–H groups in total. The predicted octanol–water partition coefficient (Wildman–Crippen LogP) is 3.01. The molecule has 25 heavy (non-hydrogen) atoms. The van der Waals surface area contributed by atoms with E-state index in [1.165, 1.54) is 7.11 Å². The summed E-state index contributed by atoms with van der Waals surface area (Å²) in [5.41, 5.74) is 0.240. The van der Waals surface area contributed by atoms with Gasteiger partial charge in [0.1, 0.15) is 17.4 Å². The zero-order valence-corrected chi connectivity index (χ0v) is 13.7. The van der Waals surface area contributed by atoms with Crippen LogP contribution >= 0.6 is 0 Å². The second-order valence-electron chi connectivity index (χ2n) is 5.27. The fourth-order valence-electron chi connectivity index (χ4n) is 2.14. The molecule has 0 aliphatic heterocycles. The topological polar surface area (TPSA) is 64.6 Å². The van der Waals surface area contributed by atoms with Gasteiger partial charge in [-0.05, 0) is 42.8 Å². The largest absolute Gasteiger partial charge is 0.497 e. The third-order valence-corrected chi connectivity index (χ3v) is 3.45. The summed E-state index contributed by atoms with van der Waals surface area (Å²) in [6, 6.07) is 9.18. The van der Waals surface area contributed by atoms with Crippen molar-refractivity contribution < 1.29 is 27.8 Å². The highest BCUT2D eigenvalue weighted by Crippen LogP contribution is 2.18. The summed E-state index contributed by atoms with van der Waals surface area (Å²) < 4.78 is 36.4. The van der Waals surface area contributed by atoms with Gasteiger partial charge >= 0.3 is 5.97 Å². The number of halogens is 2. The molecule has 7 heteroatoms. The van der Waals surface area contributed by atoms with Crippen molar-refractivity contribution in [1.82, 2.24) is 5.32 Å². The lowest BCUT2D eigenvalue weighted by Crippen LogP contribution is -2.31. The number of rotatable bonds is 6. The van der Waals surface area contributed by atoms with Crippen molar-refractivity contribution >= 4 is 11.9 Å². The number of carbonyl (C=O) groups excluding carboxylic acids is 2.